The van der Waals surface area contributed by atoms with Crippen molar-refractivity contribution in [1.29, 1.82) is 0 Å². The highest BCUT2D eigenvalue weighted by atomic mass is 16.4. The molecule has 0 aromatic carbocycles. The molecule has 7 heteroatoms. The third-order valence-corrected chi connectivity index (χ3v) is 1.71. The van der Waals surface area contributed by atoms with Gasteiger partial charge in [-0.05, 0) is 6.42 Å². The van der Waals surface area contributed by atoms with Crippen molar-refractivity contribution >= 4 is 17.8 Å². The zero-order chi connectivity index (χ0) is 11.8. The molecular formula is C8H14N2O5. The van der Waals surface area contributed by atoms with Crippen LogP contribution < -0.4 is 11.1 Å². The van der Waals surface area contributed by atoms with E-state index < -0.39 is 23.9 Å². The fourth-order valence-corrected chi connectivity index (χ4v) is 0.950. The first kappa shape index (κ1) is 13.4. The molecule has 0 aliphatic rings. The highest BCUT2D eigenvalue weighted by molar-refractivity contribution is 5.76. The number of hydrogen-bond donors (Lipinski definition) is 4. The maximum atomic E-state index is 10.6. The van der Waals surface area contributed by atoms with E-state index in [1.807, 2.05) is 0 Å². The molecule has 0 saturated heterocycles. The summed E-state index contributed by atoms with van der Waals surface area (Å²) in [6.07, 6.45) is -0.235. The van der Waals surface area contributed by atoms with Crippen LogP contribution in [0, 0.1) is 0 Å². The lowest BCUT2D eigenvalue weighted by Gasteiger charge is -2.12. The maximum Gasteiger partial charge on any atom is 0.320 e. The fraction of sp³-hybridized carbons (Fsp3) is 0.625. The Kier molecular flexibility index (Phi) is 6.03. The molecule has 0 saturated carbocycles. The first-order valence-electron chi connectivity index (χ1n) is 4.39. The first-order valence-corrected chi connectivity index (χ1v) is 4.39. The predicted molar refractivity (Wildman–Crippen MR) is 50.1 cm³/mol. The second kappa shape index (κ2) is 6.77. The molecule has 0 fully saturated rings. The lowest BCUT2D eigenvalue weighted by Crippen LogP contribution is -2.38. The number of amides is 1. The number of aliphatic carboxylic acids is 2. The van der Waals surface area contributed by atoms with Gasteiger partial charge in [0.1, 0.15) is 6.04 Å². The predicted octanol–water partition coefficient (Wildman–Crippen LogP) is -1.23. The molecule has 0 heterocycles. The van der Waals surface area contributed by atoms with E-state index in [-0.39, 0.29) is 25.8 Å². The summed E-state index contributed by atoms with van der Waals surface area (Å²) in [5.41, 5.74) is 4.86. The quantitative estimate of drug-likeness (QED) is 0.403. The Morgan fingerprint density at radius 2 is 1.80 bits per heavy atom. The molecule has 0 rings (SSSR count). The Labute approximate surface area is 86.3 Å². The van der Waals surface area contributed by atoms with Gasteiger partial charge in [-0.2, -0.15) is 0 Å². The summed E-state index contributed by atoms with van der Waals surface area (Å²) in [4.78, 5) is 31.2. The third-order valence-electron chi connectivity index (χ3n) is 1.71. The van der Waals surface area contributed by atoms with Gasteiger partial charge < -0.3 is 21.3 Å². The average molecular weight is 218 g/mol. The number of rotatable bonds is 8. The van der Waals surface area contributed by atoms with Crippen LogP contribution in [0.4, 0.5) is 0 Å². The van der Waals surface area contributed by atoms with E-state index in [4.69, 9.17) is 15.9 Å². The van der Waals surface area contributed by atoms with E-state index in [9.17, 15) is 14.4 Å². The number of nitrogens with one attached hydrogen (secondary N) is 1. The molecule has 0 unspecified atom stereocenters. The van der Waals surface area contributed by atoms with Gasteiger partial charge in [0.05, 0.1) is 0 Å². The zero-order valence-electron chi connectivity index (χ0n) is 8.10. The molecule has 0 radical (unpaired) electrons. The van der Waals surface area contributed by atoms with E-state index in [1.165, 1.54) is 0 Å². The van der Waals surface area contributed by atoms with Crippen LogP contribution in [0.25, 0.3) is 0 Å². The smallest absolute Gasteiger partial charge is 0.320 e. The molecule has 86 valence electrons. The number of hydrogen-bond acceptors (Lipinski definition) is 4. The zero-order valence-corrected chi connectivity index (χ0v) is 8.10. The van der Waals surface area contributed by atoms with Crippen LogP contribution in [-0.2, 0) is 14.4 Å². The van der Waals surface area contributed by atoms with Crippen molar-refractivity contribution in [2.24, 2.45) is 5.73 Å². The highest BCUT2D eigenvalue weighted by Crippen LogP contribution is 1.97. The Morgan fingerprint density at radius 1 is 1.20 bits per heavy atom. The molecule has 0 aliphatic carbocycles. The van der Waals surface area contributed by atoms with E-state index in [1.54, 1.807) is 0 Å². The second-order valence-electron chi connectivity index (χ2n) is 2.99. The van der Waals surface area contributed by atoms with Crippen molar-refractivity contribution in [2.75, 3.05) is 6.54 Å². The molecule has 0 aromatic rings. The standard InChI is InChI=1S/C8H14N2O5/c9-6(11)3-4-10-5(8(14)15)1-2-7(12)13/h5,10H,1-4H2,(H2,9,11)(H,12,13)(H,14,15)/t5-/m0/s1. The molecule has 0 aromatic heterocycles. The molecule has 1 atom stereocenters. The molecule has 5 N–H and O–H groups in total. The summed E-state index contributed by atoms with van der Waals surface area (Å²) in [5, 5.41) is 19.6. The molecule has 0 bridgehead atoms. The number of carboxylic acids is 2. The highest BCUT2D eigenvalue weighted by Gasteiger charge is 2.17. The summed E-state index contributed by atoms with van der Waals surface area (Å²) in [6, 6.07) is -0.958. The van der Waals surface area contributed by atoms with Gasteiger partial charge >= 0.3 is 11.9 Å². The van der Waals surface area contributed by atoms with Crippen molar-refractivity contribution < 1.29 is 24.6 Å². The topological polar surface area (TPSA) is 130 Å². The maximum absolute atomic E-state index is 10.6. The number of nitrogens with two attached hydrogens (primary N) is 1. The molecule has 15 heavy (non-hydrogen) atoms. The first-order chi connectivity index (χ1) is 6.93. The van der Waals surface area contributed by atoms with Crippen LogP contribution in [0.3, 0.4) is 0 Å². The number of carboxylic acid groups (broad SMARTS) is 2. The van der Waals surface area contributed by atoms with Gasteiger partial charge in [-0.3, -0.25) is 14.4 Å². The van der Waals surface area contributed by atoms with Crippen LogP contribution >= 0.6 is 0 Å². The van der Waals surface area contributed by atoms with Crippen LogP contribution in [0.15, 0.2) is 0 Å². The normalized spacial score (nSPS) is 12.0. The summed E-state index contributed by atoms with van der Waals surface area (Å²) in [6.45, 7) is 0.131. The molecule has 1 amide bonds. The van der Waals surface area contributed by atoms with Crippen LogP contribution in [0.2, 0.25) is 0 Å². The summed E-state index contributed by atoms with van der Waals surface area (Å²) >= 11 is 0. The van der Waals surface area contributed by atoms with E-state index in [2.05, 4.69) is 5.32 Å². The van der Waals surface area contributed by atoms with E-state index >= 15 is 0 Å². The molecular weight excluding hydrogens is 204 g/mol. The van der Waals surface area contributed by atoms with Crippen molar-refractivity contribution in [3.05, 3.63) is 0 Å². The van der Waals surface area contributed by atoms with Gasteiger partial charge in [0.15, 0.2) is 0 Å². The Hall–Kier alpha value is -1.63. The van der Waals surface area contributed by atoms with Crippen LogP contribution in [0.5, 0.6) is 0 Å². The van der Waals surface area contributed by atoms with Crippen molar-refractivity contribution in [2.45, 2.75) is 25.3 Å². The monoisotopic (exact) mass is 218 g/mol. The molecule has 0 aliphatic heterocycles. The minimum Gasteiger partial charge on any atom is -0.481 e. The summed E-state index contributed by atoms with van der Waals surface area (Å²) in [5.74, 6) is -2.73. The van der Waals surface area contributed by atoms with Crippen LogP contribution in [-0.4, -0.2) is 40.6 Å². The van der Waals surface area contributed by atoms with Crippen molar-refractivity contribution in [3.63, 3.8) is 0 Å². The SMILES string of the molecule is NC(=O)CCN[C@@H](CCC(=O)O)C(=O)O. The number of primary amides is 1. The average Bonchev–Trinajstić information content (AvgIpc) is 2.09. The molecule has 0 spiro atoms. The summed E-state index contributed by atoms with van der Waals surface area (Å²) in [7, 11) is 0. The van der Waals surface area contributed by atoms with Gasteiger partial charge in [-0.15, -0.1) is 0 Å². The lowest BCUT2D eigenvalue weighted by atomic mass is 10.1. The van der Waals surface area contributed by atoms with Crippen molar-refractivity contribution in [1.82, 2.24) is 5.32 Å². The van der Waals surface area contributed by atoms with Crippen molar-refractivity contribution in [3.8, 4) is 0 Å². The van der Waals surface area contributed by atoms with Gasteiger partial charge in [-0.1, -0.05) is 0 Å². The van der Waals surface area contributed by atoms with Gasteiger partial charge in [0, 0.05) is 19.4 Å². The number of carbonyl (C=O) groups excluding carboxylic acids is 1. The second-order valence-corrected chi connectivity index (χ2v) is 2.99. The van der Waals surface area contributed by atoms with E-state index in [0.717, 1.165) is 0 Å². The third kappa shape index (κ3) is 7.44. The van der Waals surface area contributed by atoms with Gasteiger partial charge in [-0.25, -0.2) is 0 Å². The van der Waals surface area contributed by atoms with E-state index in [0.29, 0.717) is 0 Å². The molecule has 7 nitrogen and oxygen atoms in total. The largest absolute Gasteiger partial charge is 0.481 e. The minimum atomic E-state index is -1.14. The van der Waals surface area contributed by atoms with Gasteiger partial charge in [0.2, 0.25) is 5.91 Å². The van der Waals surface area contributed by atoms with Crippen LogP contribution in [0.1, 0.15) is 19.3 Å². The van der Waals surface area contributed by atoms with Gasteiger partial charge in [0.25, 0.3) is 0 Å². The summed E-state index contributed by atoms with van der Waals surface area (Å²) < 4.78 is 0. The Balaban J connectivity index is 3.88. The Bertz CT molecular complexity index is 253. The fourth-order valence-electron chi connectivity index (χ4n) is 0.950. The number of carbonyl (C=O) groups is 3. The Morgan fingerprint density at radius 3 is 2.20 bits per heavy atom. The lowest BCUT2D eigenvalue weighted by molar-refractivity contribution is -0.141. The minimum absolute atomic E-state index is 0.0244.